The third-order valence-electron chi connectivity index (χ3n) is 2.69. The zero-order valence-electron chi connectivity index (χ0n) is 9.79. The topological polar surface area (TPSA) is 34.1 Å². The van der Waals surface area contributed by atoms with Crippen LogP contribution in [-0.2, 0) is 6.42 Å². The van der Waals surface area contributed by atoms with Gasteiger partial charge in [-0.15, -0.1) is 0 Å². The van der Waals surface area contributed by atoms with Crippen molar-refractivity contribution >= 4 is 0 Å². The number of hydrogen-bond acceptors (Lipinski definition) is 3. The second-order valence-electron chi connectivity index (χ2n) is 3.67. The molecule has 1 heterocycles. The maximum absolute atomic E-state index is 5.14. The Morgan fingerprint density at radius 1 is 1.47 bits per heavy atom. The van der Waals surface area contributed by atoms with Gasteiger partial charge in [-0.2, -0.15) is 0 Å². The second kappa shape index (κ2) is 6.40. The van der Waals surface area contributed by atoms with Crippen molar-refractivity contribution in [3.8, 4) is 5.75 Å². The Bertz CT molecular complexity index is 285. The molecule has 1 N–H and O–H groups in total. The molecule has 0 aliphatic rings. The van der Waals surface area contributed by atoms with Crippen LogP contribution in [0.25, 0.3) is 0 Å². The summed E-state index contributed by atoms with van der Waals surface area (Å²) in [6, 6.07) is 2.64. The number of ether oxygens (including phenoxy) is 1. The van der Waals surface area contributed by atoms with E-state index in [1.54, 1.807) is 13.3 Å². The number of nitrogens with zero attached hydrogens (tertiary/aromatic N) is 1. The average Bonchev–Trinajstić information content (AvgIpc) is 2.31. The van der Waals surface area contributed by atoms with E-state index >= 15 is 0 Å². The van der Waals surface area contributed by atoms with Crippen molar-refractivity contribution in [2.75, 3.05) is 14.2 Å². The van der Waals surface area contributed by atoms with E-state index in [0.29, 0.717) is 6.04 Å². The molecule has 15 heavy (non-hydrogen) atoms. The zero-order valence-corrected chi connectivity index (χ0v) is 9.79. The molecule has 1 rings (SSSR count). The van der Waals surface area contributed by atoms with Crippen LogP contribution in [0.1, 0.15) is 25.3 Å². The summed E-state index contributed by atoms with van der Waals surface area (Å²) in [6.07, 6.45) is 6.99. The lowest BCUT2D eigenvalue weighted by molar-refractivity contribution is 0.412. The van der Waals surface area contributed by atoms with Gasteiger partial charge < -0.3 is 10.1 Å². The van der Waals surface area contributed by atoms with E-state index in [1.807, 2.05) is 13.2 Å². The molecule has 0 bridgehead atoms. The summed E-state index contributed by atoms with van der Waals surface area (Å²) >= 11 is 0. The van der Waals surface area contributed by atoms with E-state index in [-0.39, 0.29) is 0 Å². The molecule has 0 radical (unpaired) electrons. The van der Waals surface area contributed by atoms with E-state index in [1.165, 1.54) is 5.56 Å². The predicted molar refractivity (Wildman–Crippen MR) is 62.2 cm³/mol. The van der Waals surface area contributed by atoms with E-state index in [2.05, 4.69) is 23.3 Å². The lowest BCUT2D eigenvalue weighted by atomic mass is 10.1. The van der Waals surface area contributed by atoms with Gasteiger partial charge in [0.25, 0.3) is 0 Å². The number of nitrogens with one attached hydrogen (secondary N) is 1. The van der Waals surface area contributed by atoms with Gasteiger partial charge in [0.2, 0.25) is 0 Å². The first-order valence-electron chi connectivity index (χ1n) is 5.45. The Balaban J connectivity index is 2.49. The molecule has 0 aliphatic heterocycles. The van der Waals surface area contributed by atoms with Crippen molar-refractivity contribution in [3.05, 3.63) is 24.0 Å². The first-order chi connectivity index (χ1) is 7.30. The third kappa shape index (κ3) is 3.88. The van der Waals surface area contributed by atoms with Gasteiger partial charge in [0.05, 0.1) is 13.3 Å². The van der Waals surface area contributed by atoms with Crippen LogP contribution in [-0.4, -0.2) is 25.2 Å². The first-order valence-corrected chi connectivity index (χ1v) is 5.45. The Labute approximate surface area is 91.9 Å². The van der Waals surface area contributed by atoms with Crippen LogP contribution < -0.4 is 10.1 Å². The van der Waals surface area contributed by atoms with Crippen LogP contribution in [0.2, 0.25) is 0 Å². The molecule has 0 fully saturated rings. The Hall–Kier alpha value is -1.09. The number of aromatic nitrogens is 1. The molecule has 0 saturated heterocycles. The summed E-state index contributed by atoms with van der Waals surface area (Å²) in [5.74, 6) is 0.838. The van der Waals surface area contributed by atoms with Gasteiger partial charge in [-0.25, -0.2) is 0 Å². The van der Waals surface area contributed by atoms with Gasteiger partial charge >= 0.3 is 0 Å². The highest BCUT2D eigenvalue weighted by Gasteiger charge is 2.04. The standard InChI is InChI=1S/C12H20N2O/c1-4-11(13-2)6-5-10-7-12(15-3)9-14-8-10/h7-9,11,13H,4-6H2,1-3H3. The minimum absolute atomic E-state index is 0.594. The summed E-state index contributed by atoms with van der Waals surface area (Å²) in [6.45, 7) is 2.20. The minimum Gasteiger partial charge on any atom is -0.495 e. The lowest BCUT2D eigenvalue weighted by Gasteiger charge is -2.13. The van der Waals surface area contributed by atoms with E-state index in [4.69, 9.17) is 4.74 Å². The Morgan fingerprint density at radius 2 is 2.27 bits per heavy atom. The highest BCUT2D eigenvalue weighted by Crippen LogP contribution is 2.13. The summed E-state index contributed by atoms with van der Waals surface area (Å²) in [5, 5.41) is 3.30. The maximum atomic E-state index is 5.14. The van der Waals surface area contributed by atoms with Crippen molar-refractivity contribution in [1.82, 2.24) is 10.3 Å². The SMILES string of the molecule is CCC(CCc1cncc(OC)c1)NC. The second-order valence-corrected chi connectivity index (χ2v) is 3.67. The van der Waals surface area contributed by atoms with Crippen molar-refractivity contribution in [1.29, 1.82) is 0 Å². The minimum atomic E-state index is 0.594. The lowest BCUT2D eigenvalue weighted by Crippen LogP contribution is -2.24. The molecule has 1 unspecified atom stereocenters. The molecule has 3 nitrogen and oxygen atoms in total. The molecule has 0 amide bonds. The molecule has 0 aliphatic carbocycles. The fourth-order valence-corrected chi connectivity index (χ4v) is 1.61. The van der Waals surface area contributed by atoms with Crippen molar-refractivity contribution in [2.24, 2.45) is 0 Å². The molecule has 0 saturated carbocycles. The Kier molecular flexibility index (Phi) is 5.12. The molecule has 1 aromatic heterocycles. The molecule has 0 spiro atoms. The van der Waals surface area contributed by atoms with Crippen LogP contribution in [0, 0.1) is 0 Å². The van der Waals surface area contributed by atoms with Crippen LogP contribution in [0.15, 0.2) is 18.5 Å². The zero-order chi connectivity index (χ0) is 11.1. The van der Waals surface area contributed by atoms with E-state index < -0.39 is 0 Å². The van der Waals surface area contributed by atoms with Crippen LogP contribution in [0.3, 0.4) is 0 Å². The number of aryl methyl sites for hydroxylation is 1. The summed E-state index contributed by atoms with van der Waals surface area (Å²) < 4.78 is 5.14. The molecular formula is C12H20N2O. The predicted octanol–water partition coefficient (Wildman–Crippen LogP) is 2.02. The fraction of sp³-hybridized carbons (Fsp3) is 0.583. The van der Waals surface area contributed by atoms with Gasteiger partial charge in [-0.1, -0.05) is 6.92 Å². The van der Waals surface area contributed by atoms with Crippen molar-refractivity contribution in [2.45, 2.75) is 32.2 Å². The normalized spacial score (nSPS) is 12.5. The first kappa shape index (κ1) is 12.0. The van der Waals surface area contributed by atoms with Crippen molar-refractivity contribution < 1.29 is 4.74 Å². The molecule has 3 heteroatoms. The smallest absolute Gasteiger partial charge is 0.137 e. The summed E-state index contributed by atoms with van der Waals surface area (Å²) in [4.78, 5) is 4.14. The Morgan fingerprint density at radius 3 is 2.87 bits per heavy atom. The number of rotatable bonds is 6. The highest BCUT2D eigenvalue weighted by molar-refractivity contribution is 5.23. The fourth-order valence-electron chi connectivity index (χ4n) is 1.61. The van der Waals surface area contributed by atoms with Gasteiger partial charge in [0.1, 0.15) is 5.75 Å². The largest absolute Gasteiger partial charge is 0.495 e. The number of pyridine rings is 1. The highest BCUT2D eigenvalue weighted by atomic mass is 16.5. The van der Waals surface area contributed by atoms with Gasteiger partial charge in [0, 0.05) is 12.2 Å². The van der Waals surface area contributed by atoms with Gasteiger partial charge in [-0.3, -0.25) is 4.98 Å². The number of hydrogen-bond donors (Lipinski definition) is 1. The molecule has 1 atom stereocenters. The van der Waals surface area contributed by atoms with Crippen LogP contribution >= 0.6 is 0 Å². The third-order valence-corrected chi connectivity index (χ3v) is 2.69. The monoisotopic (exact) mass is 208 g/mol. The van der Waals surface area contributed by atoms with Gasteiger partial charge in [-0.05, 0) is 37.9 Å². The van der Waals surface area contributed by atoms with Crippen LogP contribution in [0.5, 0.6) is 5.75 Å². The average molecular weight is 208 g/mol. The van der Waals surface area contributed by atoms with Crippen LogP contribution in [0.4, 0.5) is 0 Å². The summed E-state index contributed by atoms with van der Waals surface area (Å²) in [5.41, 5.74) is 1.24. The van der Waals surface area contributed by atoms with Crippen molar-refractivity contribution in [3.63, 3.8) is 0 Å². The van der Waals surface area contributed by atoms with E-state index in [0.717, 1.165) is 25.0 Å². The summed E-state index contributed by atoms with van der Waals surface area (Å²) in [7, 11) is 3.68. The molecular weight excluding hydrogens is 188 g/mol. The molecule has 1 aromatic rings. The maximum Gasteiger partial charge on any atom is 0.137 e. The number of methoxy groups -OCH3 is 1. The molecule has 84 valence electrons. The molecule has 0 aromatic carbocycles. The van der Waals surface area contributed by atoms with Gasteiger partial charge in [0.15, 0.2) is 0 Å². The van der Waals surface area contributed by atoms with E-state index in [9.17, 15) is 0 Å². The quantitative estimate of drug-likeness (QED) is 0.776.